The van der Waals surface area contributed by atoms with Gasteiger partial charge in [0.25, 0.3) is 0 Å². The average Bonchev–Trinajstić information content (AvgIpc) is 2.39. The summed E-state index contributed by atoms with van der Waals surface area (Å²) >= 11 is 0. The molecule has 1 aliphatic rings. The monoisotopic (exact) mass is 281 g/mol. The topological polar surface area (TPSA) is 63.2 Å². The molecule has 0 aromatic heterocycles. The van der Waals surface area contributed by atoms with Gasteiger partial charge in [-0.1, -0.05) is 49.6 Å². The zero-order valence-corrected chi connectivity index (χ0v) is 11.7. The molecule has 0 saturated heterocycles. The van der Waals surface area contributed by atoms with Crippen LogP contribution in [0.15, 0.2) is 30.3 Å². The third kappa shape index (κ3) is 4.44. The lowest BCUT2D eigenvalue weighted by Gasteiger charge is -2.22. The van der Waals surface area contributed by atoms with Crippen LogP contribution in [0.5, 0.6) is 0 Å². The lowest BCUT2D eigenvalue weighted by atomic mass is 9.96. The molecular weight excluding hydrogens is 262 g/mol. The minimum absolute atomic E-state index is 0.00215. The van der Waals surface area contributed by atoms with E-state index < -0.39 is 15.8 Å². The second-order valence-corrected chi connectivity index (χ2v) is 6.75. The van der Waals surface area contributed by atoms with Gasteiger partial charge in [-0.25, -0.2) is 13.1 Å². The predicted molar refractivity (Wildman–Crippen MR) is 74.6 cm³/mol. The van der Waals surface area contributed by atoms with Gasteiger partial charge in [0.15, 0.2) is 5.78 Å². The van der Waals surface area contributed by atoms with Crippen LogP contribution in [0.2, 0.25) is 0 Å². The van der Waals surface area contributed by atoms with E-state index in [9.17, 15) is 13.2 Å². The predicted octanol–water partition coefficient (Wildman–Crippen LogP) is 2.12. The Kier molecular flexibility index (Phi) is 4.71. The van der Waals surface area contributed by atoms with Crippen molar-refractivity contribution in [2.75, 3.05) is 5.75 Å². The summed E-state index contributed by atoms with van der Waals surface area (Å²) in [5, 5.41) is 0. The van der Waals surface area contributed by atoms with Crippen molar-refractivity contribution in [2.45, 2.75) is 38.1 Å². The third-order valence-corrected chi connectivity index (χ3v) is 4.70. The summed E-state index contributed by atoms with van der Waals surface area (Å²) in [5.74, 6) is -0.822. The molecule has 0 heterocycles. The average molecular weight is 281 g/mol. The molecule has 0 atom stereocenters. The first kappa shape index (κ1) is 14.2. The van der Waals surface area contributed by atoms with E-state index in [1.807, 2.05) is 0 Å². The standard InChI is InChI=1S/C14H19NO3S/c16-14(12-7-3-1-4-8-12)11-19(17,18)15-13-9-5-2-6-10-13/h1,3-4,7-8,13,15H,2,5-6,9-11H2. The fourth-order valence-corrected chi connectivity index (χ4v) is 3.73. The van der Waals surface area contributed by atoms with Gasteiger partial charge in [-0.2, -0.15) is 0 Å². The van der Waals surface area contributed by atoms with Crippen LogP contribution in [0.1, 0.15) is 42.5 Å². The molecule has 0 spiro atoms. The first-order valence-electron chi connectivity index (χ1n) is 6.65. The van der Waals surface area contributed by atoms with Gasteiger partial charge in [0.1, 0.15) is 5.75 Å². The van der Waals surface area contributed by atoms with Gasteiger partial charge in [-0.05, 0) is 12.8 Å². The minimum atomic E-state index is -3.53. The Bertz CT molecular complexity index is 519. The van der Waals surface area contributed by atoms with Crippen LogP contribution in [0.3, 0.4) is 0 Å². The summed E-state index contributed by atoms with van der Waals surface area (Å²) in [5.41, 5.74) is 0.441. The van der Waals surface area contributed by atoms with Crippen molar-refractivity contribution in [3.63, 3.8) is 0 Å². The van der Waals surface area contributed by atoms with E-state index >= 15 is 0 Å². The molecule has 1 aliphatic carbocycles. The van der Waals surface area contributed by atoms with Crippen molar-refractivity contribution < 1.29 is 13.2 Å². The largest absolute Gasteiger partial charge is 0.293 e. The molecular formula is C14H19NO3S. The number of carbonyl (C=O) groups excluding carboxylic acids is 1. The highest BCUT2D eigenvalue weighted by Crippen LogP contribution is 2.18. The minimum Gasteiger partial charge on any atom is -0.293 e. The van der Waals surface area contributed by atoms with Gasteiger partial charge in [-0.15, -0.1) is 0 Å². The van der Waals surface area contributed by atoms with Gasteiger partial charge in [0.2, 0.25) is 10.0 Å². The first-order chi connectivity index (χ1) is 9.07. The summed E-state index contributed by atoms with van der Waals surface area (Å²) in [6, 6.07) is 8.54. The van der Waals surface area contributed by atoms with Crippen LogP contribution in [-0.4, -0.2) is 26.0 Å². The second kappa shape index (κ2) is 6.30. The van der Waals surface area contributed by atoms with Gasteiger partial charge >= 0.3 is 0 Å². The fraction of sp³-hybridized carbons (Fsp3) is 0.500. The fourth-order valence-electron chi connectivity index (χ4n) is 2.40. The molecule has 5 heteroatoms. The van der Waals surface area contributed by atoms with Crippen molar-refractivity contribution in [3.8, 4) is 0 Å². The van der Waals surface area contributed by atoms with Crippen molar-refractivity contribution in [1.82, 2.24) is 4.72 Å². The lowest BCUT2D eigenvalue weighted by molar-refractivity contribution is 0.102. The van der Waals surface area contributed by atoms with E-state index in [0.29, 0.717) is 5.56 Å². The molecule has 0 bridgehead atoms. The van der Waals surface area contributed by atoms with E-state index in [1.54, 1.807) is 30.3 Å². The number of hydrogen-bond donors (Lipinski definition) is 1. The van der Waals surface area contributed by atoms with Crippen molar-refractivity contribution in [2.24, 2.45) is 0 Å². The van der Waals surface area contributed by atoms with Crippen molar-refractivity contribution in [1.29, 1.82) is 0 Å². The maximum absolute atomic E-state index is 12.0. The van der Waals surface area contributed by atoms with E-state index in [2.05, 4.69) is 4.72 Å². The number of nitrogens with one attached hydrogen (secondary N) is 1. The molecule has 1 aromatic carbocycles. The van der Waals surface area contributed by atoms with E-state index in [0.717, 1.165) is 25.7 Å². The molecule has 1 saturated carbocycles. The Morgan fingerprint density at radius 3 is 2.37 bits per heavy atom. The van der Waals surface area contributed by atoms with E-state index in [-0.39, 0.29) is 11.8 Å². The zero-order valence-electron chi connectivity index (χ0n) is 10.8. The van der Waals surface area contributed by atoms with Gasteiger partial charge in [-0.3, -0.25) is 4.79 Å². The molecule has 2 rings (SSSR count). The van der Waals surface area contributed by atoms with Crippen molar-refractivity contribution in [3.05, 3.63) is 35.9 Å². The van der Waals surface area contributed by atoms with Gasteiger partial charge in [0, 0.05) is 11.6 Å². The number of carbonyl (C=O) groups is 1. The summed E-state index contributed by atoms with van der Waals surface area (Å²) < 4.78 is 26.5. The van der Waals surface area contributed by atoms with Crippen LogP contribution >= 0.6 is 0 Å². The molecule has 104 valence electrons. The maximum Gasteiger partial charge on any atom is 0.219 e. The summed E-state index contributed by atoms with van der Waals surface area (Å²) in [7, 11) is -3.53. The quantitative estimate of drug-likeness (QED) is 0.841. The highest BCUT2D eigenvalue weighted by Gasteiger charge is 2.23. The highest BCUT2D eigenvalue weighted by atomic mass is 32.2. The Hall–Kier alpha value is -1.20. The molecule has 4 nitrogen and oxygen atoms in total. The molecule has 1 aromatic rings. The Balaban J connectivity index is 1.95. The molecule has 0 aliphatic heterocycles. The number of Topliss-reactive ketones (excluding diaryl/α,β-unsaturated/α-hetero) is 1. The smallest absolute Gasteiger partial charge is 0.219 e. The van der Waals surface area contributed by atoms with Crippen molar-refractivity contribution >= 4 is 15.8 Å². The van der Waals surface area contributed by atoms with E-state index in [4.69, 9.17) is 0 Å². The number of hydrogen-bond acceptors (Lipinski definition) is 3. The Morgan fingerprint density at radius 2 is 1.74 bits per heavy atom. The molecule has 0 amide bonds. The van der Waals surface area contributed by atoms with Gasteiger partial charge < -0.3 is 0 Å². The van der Waals surface area contributed by atoms with Crippen LogP contribution in [-0.2, 0) is 10.0 Å². The van der Waals surface area contributed by atoms with Crippen LogP contribution in [0.4, 0.5) is 0 Å². The summed E-state index contributed by atoms with van der Waals surface area (Å²) in [6.45, 7) is 0. The normalized spacial score (nSPS) is 17.3. The summed E-state index contributed by atoms with van der Waals surface area (Å²) in [6.07, 6.45) is 5.03. The van der Waals surface area contributed by atoms with Crippen LogP contribution < -0.4 is 4.72 Å². The zero-order chi connectivity index (χ0) is 13.7. The molecule has 1 N–H and O–H groups in total. The number of ketones is 1. The first-order valence-corrected chi connectivity index (χ1v) is 8.30. The van der Waals surface area contributed by atoms with Crippen LogP contribution in [0, 0.1) is 0 Å². The second-order valence-electron chi connectivity index (χ2n) is 5.00. The summed E-state index contributed by atoms with van der Waals surface area (Å²) in [4.78, 5) is 11.9. The Morgan fingerprint density at radius 1 is 1.11 bits per heavy atom. The molecule has 19 heavy (non-hydrogen) atoms. The lowest BCUT2D eigenvalue weighted by Crippen LogP contribution is -2.39. The number of benzene rings is 1. The Labute approximate surface area is 114 Å². The maximum atomic E-state index is 12.0. The number of sulfonamides is 1. The molecule has 0 radical (unpaired) electrons. The highest BCUT2D eigenvalue weighted by molar-refractivity contribution is 7.90. The van der Waals surface area contributed by atoms with E-state index in [1.165, 1.54) is 6.42 Å². The molecule has 0 unspecified atom stereocenters. The third-order valence-electron chi connectivity index (χ3n) is 3.37. The van der Waals surface area contributed by atoms with Gasteiger partial charge in [0.05, 0.1) is 0 Å². The number of rotatable bonds is 5. The molecule has 1 fully saturated rings. The van der Waals surface area contributed by atoms with Crippen LogP contribution in [0.25, 0.3) is 0 Å². The SMILES string of the molecule is O=C(CS(=O)(=O)NC1CCCCC1)c1ccccc1.